The molecule has 3 heteroatoms. The highest BCUT2D eigenvalue weighted by atomic mass is 16.2. The van der Waals surface area contributed by atoms with Crippen LogP contribution >= 0.6 is 0 Å². The van der Waals surface area contributed by atoms with Crippen LogP contribution in [0.2, 0.25) is 0 Å². The van der Waals surface area contributed by atoms with E-state index in [2.05, 4.69) is 6.07 Å². The Balaban J connectivity index is 2.53. The largest absolute Gasteiger partial charge is 0.344 e. The Labute approximate surface area is 109 Å². The summed E-state index contributed by atoms with van der Waals surface area (Å²) in [6.45, 7) is 4.45. The fraction of sp³-hybridized carbons (Fsp3) is 0.467. The SMILES string of the molecule is CC(C)C(C#N)C(=O)N(C)CCc1ccccc1. The Morgan fingerprint density at radius 3 is 2.44 bits per heavy atom. The number of benzene rings is 1. The summed E-state index contributed by atoms with van der Waals surface area (Å²) >= 11 is 0. The lowest BCUT2D eigenvalue weighted by Gasteiger charge is -2.21. The van der Waals surface area contributed by atoms with E-state index in [4.69, 9.17) is 5.26 Å². The minimum atomic E-state index is -0.536. The molecule has 0 heterocycles. The fourth-order valence-corrected chi connectivity index (χ4v) is 1.78. The van der Waals surface area contributed by atoms with Crippen LogP contribution in [-0.2, 0) is 11.2 Å². The minimum absolute atomic E-state index is 0.0571. The molecule has 0 aliphatic carbocycles. The average molecular weight is 244 g/mol. The molecule has 18 heavy (non-hydrogen) atoms. The molecule has 0 saturated heterocycles. The number of nitriles is 1. The molecule has 1 atom stereocenters. The lowest BCUT2D eigenvalue weighted by Crippen LogP contribution is -2.36. The third-order valence-corrected chi connectivity index (χ3v) is 3.03. The second-order valence-corrected chi connectivity index (χ2v) is 4.85. The fourth-order valence-electron chi connectivity index (χ4n) is 1.78. The topological polar surface area (TPSA) is 44.1 Å². The molecule has 0 fully saturated rings. The van der Waals surface area contributed by atoms with Gasteiger partial charge in [-0.25, -0.2) is 0 Å². The number of hydrogen-bond donors (Lipinski definition) is 0. The van der Waals surface area contributed by atoms with E-state index >= 15 is 0 Å². The third kappa shape index (κ3) is 3.89. The summed E-state index contributed by atoms with van der Waals surface area (Å²) in [5, 5.41) is 9.00. The smallest absolute Gasteiger partial charge is 0.239 e. The minimum Gasteiger partial charge on any atom is -0.344 e. The van der Waals surface area contributed by atoms with E-state index in [1.807, 2.05) is 44.2 Å². The van der Waals surface area contributed by atoms with Crippen molar-refractivity contribution >= 4 is 5.91 Å². The number of likely N-dealkylation sites (N-methyl/N-ethyl adjacent to an activating group) is 1. The van der Waals surface area contributed by atoms with E-state index < -0.39 is 5.92 Å². The van der Waals surface area contributed by atoms with Gasteiger partial charge in [0.05, 0.1) is 6.07 Å². The zero-order valence-corrected chi connectivity index (χ0v) is 11.3. The molecule has 3 nitrogen and oxygen atoms in total. The maximum Gasteiger partial charge on any atom is 0.239 e. The second-order valence-electron chi connectivity index (χ2n) is 4.85. The number of amides is 1. The Kier molecular flexibility index (Phi) is 5.38. The van der Waals surface area contributed by atoms with Crippen LogP contribution in [0, 0.1) is 23.2 Å². The summed E-state index contributed by atoms with van der Waals surface area (Å²) in [5.74, 6) is -0.559. The quantitative estimate of drug-likeness (QED) is 0.798. The van der Waals surface area contributed by atoms with Gasteiger partial charge in [0.1, 0.15) is 5.92 Å². The third-order valence-electron chi connectivity index (χ3n) is 3.03. The Hall–Kier alpha value is -1.82. The lowest BCUT2D eigenvalue weighted by molar-refractivity contribution is -0.133. The Morgan fingerprint density at radius 2 is 1.94 bits per heavy atom. The molecular formula is C15H20N2O. The first-order valence-electron chi connectivity index (χ1n) is 6.24. The van der Waals surface area contributed by atoms with Gasteiger partial charge in [0.25, 0.3) is 0 Å². The monoisotopic (exact) mass is 244 g/mol. The van der Waals surface area contributed by atoms with Gasteiger partial charge in [0, 0.05) is 13.6 Å². The van der Waals surface area contributed by atoms with Gasteiger partial charge in [-0.2, -0.15) is 5.26 Å². The van der Waals surface area contributed by atoms with Crippen molar-refractivity contribution in [1.29, 1.82) is 5.26 Å². The molecule has 1 amide bonds. The van der Waals surface area contributed by atoms with Crippen molar-refractivity contribution in [3.8, 4) is 6.07 Å². The van der Waals surface area contributed by atoms with Gasteiger partial charge >= 0.3 is 0 Å². The van der Waals surface area contributed by atoms with Crippen LogP contribution in [-0.4, -0.2) is 24.4 Å². The summed E-state index contributed by atoms with van der Waals surface area (Å²) in [7, 11) is 1.76. The van der Waals surface area contributed by atoms with Crippen LogP contribution in [0.25, 0.3) is 0 Å². The average Bonchev–Trinajstić information content (AvgIpc) is 2.37. The maximum absolute atomic E-state index is 12.0. The van der Waals surface area contributed by atoms with Crippen LogP contribution in [0.15, 0.2) is 30.3 Å². The highest BCUT2D eigenvalue weighted by Gasteiger charge is 2.24. The van der Waals surface area contributed by atoms with E-state index in [9.17, 15) is 4.79 Å². The predicted octanol–water partition coefficient (Wildman–Crippen LogP) is 2.48. The standard InChI is InChI=1S/C15H20N2O/c1-12(2)14(11-16)15(18)17(3)10-9-13-7-5-4-6-8-13/h4-8,12,14H,9-10H2,1-3H3. The number of nitrogens with zero attached hydrogens (tertiary/aromatic N) is 2. The molecule has 1 aromatic rings. The van der Waals surface area contributed by atoms with E-state index in [0.717, 1.165) is 6.42 Å². The van der Waals surface area contributed by atoms with Crippen molar-refractivity contribution in [3.05, 3.63) is 35.9 Å². The molecule has 0 aliphatic heterocycles. The van der Waals surface area contributed by atoms with Gasteiger partial charge in [-0.15, -0.1) is 0 Å². The summed E-state index contributed by atoms with van der Waals surface area (Å²) in [5.41, 5.74) is 1.20. The molecule has 0 spiro atoms. The summed E-state index contributed by atoms with van der Waals surface area (Å²) in [4.78, 5) is 13.7. The molecule has 0 saturated carbocycles. The van der Waals surface area contributed by atoms with Gasteiger partial charge in [-0.05, 0) is 17.9 Å². The number of hydrogen-bond acceptors (Lipinski definition) is 2. The normalized spacial score (nSPS) is 11.9. The molecule has 96 valence electrons. The summed E-state index contributed by atoms with van der Waals surface area (Å²) < 4.78 is 0. The van der Waals surface area contributed by atoms with Crippen LogP contribution in [0.4, 0.5) is 0 Å². The van der Waals surface area contributed by atoms with E-state index in [1.165, 1.54) is 5.56 Å². The first-order valence-corrected chi connectivity index (χ1v) is 6.24. The predicted molar refractivity (Wildman–Crippen MR) is 71.7 cm³/mol. The Bertz CT molecular complexity index is 420. The van der Waals surface area contributed by atoms with Crippen LogP contribution in [0.1, 0.15) is 19.4 Å². The van der Waals surface area contributed by atoms with Gasteiger partial charge < -0.3 is 4.90 Å². The summed E-state index contributed by atoms with van der Waals surface area (Å²) in [6, 6.07) is 12.1. The highest BCUT2D eigenvalue weighted by molar-refractivity contribution is 5.81. The maximum atomic E-state index is 12.0. The lowest BCUT2D eigenvalue weighted by atomic mass is 9.96. The molecule has 1 unspecified atom stereocenters. The van der Waals surface area contributed by atoms with Gasteiger partial charge in [0.15, 0.2) is 0 Å². The molecule has 0 aliphatic rings. The molecule has 0 aromatic heterocycles. The molecular weight excluding hydrogens is 224 g/mol. The van der Waals surface area contributed by atoms with Crippen LogP contribution in [0.5, 0.6) is 0 Å². The zero-order chi connectivity index (χ0) is 13.5. The van der Waals surface area contributed by atoms with Gasteiger partial charge in [0.2, 0.25) is 5.91 Å². The Morgan fingerprint density at radius 1 is 1.33 bits per heavy atom. The first-order chi connectivity index (χ1) is 8.56. The van der Waals surface area contributed by atoms with Crippen molar-refractivity contribution < 1.29 is 4.79 Å². The molecule has 0 N–H and O–H groups in total. The molecule has 0 radical (unpaired) electrons. The highest BCUT2D eigenvalue weighted by Crippen LogP contribution is 2.13. The molecule has 0 bridgehead atoms. The van der Waals surface area contributed by atoms with Crippen LogP contribution < -0.4 is 0 Å². The number of carbonyl (C=O) groups excluding carboxylic acids is 1. The van der Waals surface area contributed by atoms with Crippen molar-refractivity contribution in [2.45, 2.75) is 20.3 Å². The van der Waals surface area contributed by atoms with Crippen molar-refractivity contribution in [2.24, 2.45) is 11.8 Å². The second kappa shape index (κ2) is 6.80. The number of carbonyl (C=O) groups is 1. The molecule has 1 rings (SSSR count). The van der Waals surface area contributed by atoms with Crippen molar-refractivity contribution in [2.75, 3.05) is 13.6 Å². The molecule has 1 aromatic carbocycles. The number of rotatable bonds is 5. The van der Waals surface area contributed by atoms with E-state index in [-0.39, 0.29) is 11.8 Å². The van der Waals surface area contributed by atoms with E-state index in [1.54, 1.807) is 11.9 Å². The first kappa shape index (κ1) is 14.2. The van der Waals surface area contributed by atoms with E-state index in [0.29, 0.717) is 6.54 Å². The van der Waals surface area contributed by atoms with Crippen LogP contribution in [0.3, 0.4) is 0 Å². The zero-order valence-electron chi connectivity index (χ0n) is 11.3. The van der Waals surface area contributed by atoms with Crippen molar-refractivity contribution in [1.82, 2.24) is 4.90 Å². The van der Waals surface area contributed by atoms with Gasteiger partial charge in [-0.3, -0.25) is 4.79 Å². The van der Waals surface area contributed by atoms with Crippen molar-refractivity contribution in [3.63, 3.8) is 0 Å². The van der Waals surface area contributed by atoms with Gasteiger partial charge in [-0.1, -0.05) is 44.2 Å². The summed E-state index contributed by atoms with van der Waals surface area (Å²) in [6.07, 6.45) is 0.819.